The van der Waals surface area contributed by atoms with Crippen molar-refractivity contribution in [2.24, 2.45) is 17.8 Å². The second kappa shape index (κ2) is 16.3. The number of aliphatic hydroxyl groups is 2. The predicted molar refractivity (Wildman–Crippen MR) is 122 cm³/mol. The van der Waals surface area contributed by atoms with Crippen molar-refractivity contribution in [3.63, 3.8) is 0 Å². The van der Waals surface area contributed by atoms with Crippen LogP contribution in [-0.2, 0) is 0 Å². The number of rotatable bonds is 16. The van der Waals surface area contributed by atoms with Crippen LogP contribution in [0.3, 0.4) is 0 Å². The van der Waals surface area contributed by atoms with Crippen LogP contribution >= 0.6 is 0 Å². The zero-order chi connectivity index (χ0) is 21.4. The molecule has 0 aromatic carbocycles. The molecule has 0 amide bonds. The van der Waals surface area contributed by atoms with Gasteiger partial charge >= 0.3 is 0 Å². The van der Waals surface area contributed by atoms with Crippen molar-refractivity contribution < 1.29 is 10.2 Å². The van der Waals surface area contributed by atoms with Crippen molar-refractivity contribution in [1.82, 2.24) is 10.6 Å². The topological polar surface area (TPSA) is 64.5 Å². The Bertz CT molecular complexity index is 497. The van der Waals surface area contributed by atoms with Crippen LogP contribution in [0.1, 0.15) is 46.5 Å². The molecule has 0 aromatic rings. The minimum Gasteiger partial charge on any atom is -0.393 e. The molecule has 6 unspecified atom stereocenters. The summed E-state index contributed by atoms with van der Waals surface area (Å²) in [6.07, 6.45) is 18.9. The molecule has 6 atom stereocenters. The van der Waals surface area contributed by atoms with Crippen molar-refractivity contribution in [3.8, 4) is 0 Å². The van der Waals surface area contributed by atoms with Gasteiger partial charge in [-0.05, 0) is 57.7 Å². The molecule has 0 radical (unpaired) electrons. The lowest BCUT2D eigenvalue weighted by Gasteiger charge is -2.26. The highest BCUT2D eigenvalue weighted by Crippen LogP contribution is 2.14. The van der Waals surface area contributed by atoms with Crippen LogP contribution in [0.15, 0.2) is 61.9 Å². The van der Waals surface area contributed by atoms with Crippen molar-refractivity contribution >= 4 is 0 Å². The highest BCUT2D eigenvalue weighted by molar-refractivity contribution is 5.04. The molecule has 28 heavy (non-hydrogen) atoms. The Hall–Kier alpha value is -1.62. The van der Waals surface area contributed by atoms with Crippen LogP contribution < -0.4 is 10.6 Å². The molecular formula is C24H42N2O2. The summed E-state index contributed by atoms with van der Waals surface area (Å²) in [5.41, 5.74) is 0. The molecule has 0 aliphatic heterocycles. The van der Waals surface area contributed by atoms with Gasteiger partial charge in [-0.25, -0.2) is 0 Å². The average molecular weight is 391 g/mol. The molecule has 0 bridgehead atoms. The summed E-state index contributed by atoms with van der Waals surface area (Å²) in [4.78, 5) is 0. The maximum absolute atomic E-state index is 10.2. The maximum Gasteiger partial charge on any atom is 0.109 e. The predicted octanol–water partition coefficient (Wildman–Crippen LogP) is 4.31. The largest absolute Gasteiger partial charge is 0.393 e. The van der Waals surface area contributed by atoms with Gasteiger partial charge in [-0.3, -0.25) is 5.32 Å². The van der Waals surface area contributed by atoms with Crippen LogP contribution in [0.2, 0.25) is 0 Å². The monoisotopic (exact) mass is 390 g/mol. The van der Waals surface area contributed by atoms with Gasteiger partial charge in [0.25, 0.3) is 0 Å². The molecule has 4 N–H and O–H groups in total. The van der Waals surface area contributed by atoms with E-state index in [1.165, 1.54) is 0 Å². The van der Waals surface area contributed by atoms with E-state index in [4.69, 9.17) is 0 Å². The zero-order valence-corrected chi connectivity index (χ0v) is 18.2. The van der Waals surface area contributed by atoms with Crippen LogP contribution in [-0.4, -0.2) is 35.6 Å². The third kappa shape index (κ3) is 12.7. The first-order chi connectivity index (χ1) is 13.3. The molecule has 0 aromatic heterocycles. The van der Waals surface area contributed by atoms with Crippen LogP contribution in [0.4, 0.5) is 0 Å². The SMILES string of the molecule is C=CCC(/C=C/NC(/C=C/C/C=C/CC(C)C=C)C(C)C(O)NC)CC(C)O. The lowest BCUT2D eigenvalue weighted by molar-refractivity contribution is 0.0810. The van der Waals surface area contributed by atoms with Gasteiger partial charge in [-0.15, -0.1) is 13.2 Å². The highest BCUT2D eigenvalue weighted by Gasteiger charge is 2.20. The van der Waals surface area contributed by atoms with Crippen molar-refractivity contribution in [3.05, 3.63) is 61.9 Å². The number of hydrogen-bond donors (Lipinski definition) is 4. The standard InChI is InChI=1S/C24H42N2O2/c1-7-13-22(18-20(4)27)16-17-26-23(21(5)24(28)25-6)15-12-10-9-11-14-19(3)8-2/h7-9,11-12,15-17,19-28H,1-2,10,13-14,18H2,3-6H3/b11-9+,15-12+,17-16+. The Labute approximate surface area is 172 Å². The number of allylic oxidation sites excluding steroid dienone is 6. The summed E-state index contributed by atoms with van der Waals surface area (Å²) in [7, 11) is 1.75. The minimum absolute atomic E-state index is 0.00451. The average Bonchev–Trinajstić information content (AvgIpc) is 2.67. The van der Waals surface area contributed by atoms with E-state index in [9.17, 15) is 10.2 Å². The Morgan fingerprint density at radius 2 is 1.68 bits per heavy atom. The smallest absolute Gasteiger partial charge is 0.109 e. The maximum atomic E-state index is 10.2. The van der Waals surface area contributed by atoms with E-state index in [2.05, 4.69) is 61.1 Å². The van der Waals surface area contributed by atoms with E-state index in [0.717, 1.165) is 19.3 Å². The molecule has 0 aliphatic carbocycles. The highest BCUT2D eigenvalue weighted by atomic mass is 16.3. The summed E-state index contributed by atoms with van der Waals surface area (Å²) < 4.78 is 0. The van der Waals surface area contributed by atoms with Gasteiger partial charge in [0.2, 0.25) is 0 Å². The molecule has 0 heterocycles. The van der Waals surface area contributed by atoms with Crippen molar-refractivity contribution in [2.45, 2.75) is 64.8 Å². The van der Waals surface area contributed by atoms with Gasteiger partial charge in [0.15, 0.2) is 0 Å². The number of aliphatic hydroxyl groups excluding tert-OH is 2. The zero-order valence-electron chi connectivity index (χ0n) is 18.2. The Morgan fingerprint density at radius 3 is 2.25 bits per heavy atom. The molecule has 4 nitrogen and oxygen atoms in total. The summed E-state index contributed by atoms with van der Waals surface area (Å²) in [6.45, 7) is 13.6. The van der Waals surface area contributed by atoms with E-state index in [0.29, 0.717) is 12.3 Å². The lowest BCUT2D eigenvalue weighted by Crippen LogP contribution is -2.42. The third-order valence-electron chi connectivity index (χ3n) is 4.82. The second-order valence-electron chi connectivity index (χ2n) is 7.60. The van der Waals surface area contributed by atoms with E-state index in [1.54, 1.807) is 14.0 Å². The van der Waals surface area contributed by atoms with Gasteiger partial charge in [-0.1, -0.05) is 56.4 Å². The van der Waals surface area contributed by atoms with Crippen molar-refractivity contribution in [2.75, 3.05) is 7.05 Å². The van der Waals surface area contributed by atoms with E-state index < -0.39 is 6.23 Å². The van der Waals surface area contributed by atoms with Gasteiger partial charge in [0.05, 0.1) is 12.1 Å². The minimum atomic E-state index is -0.596. The van der Waals surface area contributed by atoms with Gasteiger partial charge in [0, 0.05) is 5.92 Å². The lowest BCUT2D eigenvalue weighted by atomic mass is 9.97. The van der Waals surface area contributed by atoms with Gasteiger partial charge in [-0.2, -0.15) is 0 Å². The molecule has 0 rings (SSSR count). The molecule has 0 aliphatic rings. The molecular weight excluding hydrogens is 348 g/mol. The van der Waals surface area contributed by atoms with Crippen molar-refractivity contribution in [1.29, 1.82) is 0 Å². The Kier molecular flexibility index (Phi) is 15.4. The first-order valence-corrected chi connectivity index (χ1v) is 10.4. The first-order valence-electron chi connectivity index (χ1n) is 10.4. The molecule has 0 saturated heterocycles. The summed E-state index contributed by atoms with van der Waals surface area (Å²) >= 11 is 0. The van der Waals surface area contributed by atoms with Crippen LogP contribution in [0.25, 0.3) is 0 Å². The Morgan fingerprint density at radius 1 is 0.964 bits per heavy atom. The van der Waals surface area contributed by atoms with Crippen LogP contribution in [0, 0.1) is 17.8 Å². The van der Waals surface area contributed by atoms with E-state index in [1.807, 2.05) is 25.3 Å². The van der Waals surface area contributed by atoms with Crippen LogP contribution in [0.5, 0.6) is 0 Å². The quantitative estimate of drug-likeness (QED) is 0.234. The fourth-order valence-electron chi connectivity index (χ4n) is 2.86. The van der Waals surface area contributed by atoms with E-state index in [-0.39, 0.29) is 24.0 Å². The molecule has 0 spiro atoms. The third-order valence-corrected chi connectivity index (χ3v) is 4.82. The fraction of sp³-hybridized carbons (Fsp3) is 0.583. The summed E-state index contributed by atoms with van der Waals surface area (Å²) in [5.74, 6) is 0.731. The summed E-state index contributed by atoms with van der Waals surface area (Å²) in [6, 6.07) is -0.00451. The fourth-order valence-corrected chi connectivity index (χ4v) is 2.86. The number of nitrogens with one attached hydrogen (secondary N) is 2. The molecule has 0 saturated carbocycles. The number of hydrogen-bond acceptors (Lipinski definition) is 4. The van der Waals surface area contributed by atoms with Gasteiger partial charge < -0.3 is 15.5 Å². The Balaban J connectivity index is 4.87. The molecule has 0 fully saturated rings. The summed E-state index contributed by atoms with van der Waals surface area (Å²) in [5, 5.41) is 26.1. The normalized spacial score (nSPS) is 18.8. The van der Waals surface area contributed by atoms with E-state index >= 15 is 0 Å². The molecule has 4 heteroatoms. The first kappa shape index (κ1) is 26.4. The van der Waals surface area contributed by atoms with Gasteiger partial charge in [0.1, 0.15) is 6.23 Å². The second-order valence-corrected chi connectivity index (χ2v) is 7.60. The molecule has 160 valence electrons.